The van der Waals surface area contributed by atoms with Gasteiger partial charge >= 0.3 is 0 Å². The fraction of sp³-hybridized carbons (Fsp3) is 0.538. The zero-order valence-electron chi connectivity index (χ0n) is 9.69. The lowest BCUT2D eigenvalue weighted by atomic mass is 10.1. The van der Waals surface area contributed by atoms with Gasteiger partial charge in [0, 0.05) is 6.04 Å². The largest absolute Gasteiger partial charge is 0.493 e. The standard InChI is InChI=1S/C13H19NO.ClH/c1-10(14)8-11-4-6-13(7-5-11)15-9-12-2-3-12;/h4-7,10,12H,2-3,8-9,14H2,1H3;1H. The number of benzene rings is 1. The lowest BCUT2D eigenvalue weighted by molar-refractivity contribution is 0.299. The summed E-state index contributed by atoms with van der Waals surface area (Å²) in [6.45, 7) is 2.91. The molecule has 0 bridgehead atoms. The minimum absolute atomic E-state index is 0. The van der Waals surface area contributed by atoms with Gasteiger partial charge < -0.3 is 10.5 Å². The second kappa shape index (κ2) is 6.12. The molecule has 0 amide bonds. The van der Waals surface area contributed by atoms with Gasteiger partial charge in [0.15, 0.2) is 0 Å². The Hall–Kier alpha value is -0.730. The maximum absolute atomic E-state index is 5.74. The van der Waals surface area contributed by atoms with E-state index in [0.717, 1.165) is 24.7 Å². The quantitative estimate of drug-likeness (QED) is 0.861. The Labute approximate surface area is 104 Å². The molecule has 1 unspecified atom stereocenters. The van der Waals surface area contributed by atoms with E-state index >= 15 is 0 Å². The summed E-state index contributed by atoms with van der Waals surface area (Å²) in [7, 11) is 0. The van der Waals surface area contributed by atoms with Gasteiger partial charge in [-0.25, -0.2) is 0 Å². The molecule has 0 heterocycles. The molecule has 1 aromatic carbocycles. The van der Waals surface area contributed by atoms with Crippen LogP contribution in [0.4, 0.5) is 0 Å². The van der Waals surface area contributed by atoms with Gasteiger partial charge in [0.05, 0.1) is 6.61 Å². The molecule has 1 aromatic rings. The van der Waals surface area contributed by atoms with Crippen LogP contribution in [0.1, 0.15) is 25.3 Å². The molecule has 2 nitrogen and oxygen atoms in total. The van der Waals surface area contributed by atoms with Crippen molar-refractivity contribution in [3.8, 4) is 5.75 Å². The number of hydrogen-bond donors (Lipinski definition) is 1. The molecule has 1 aliphatic carbocycles. The van der Waals surface area contributed by atoms with Crippen molar-refractivity contribution in [3.63, 3.8) is 0 Å². The lowest BCUT2D eigenvalue weighted by Crippen LogP contribution is -2.17. The van der Waals surface area contributed by atoms with Crippen molar-refractivity contribution >= 4 is 12.4 Å². The number of halogens is 1. The van der Waals surface area contributed by atoms with Gasteiger partial charge in [-0.3, -0.25) is 0 Å². The van der Waals surface area contributed by atoms with Crippen LogP contribution < -0.4 is 10.5 Å². The molecule has 90 valence electrons. The minimum atomic E-state index is 0. The van der Waals surface area contributed by atoms with Gasteiger partial charge in [0.25, 0.3) is 0 Å². The van der Waals surface area contributed by atoms with Gasteiger partial charge in [0.2, 0.25) is 0 Å². The summed E-state index contributed by atoms with van der Waals surface area (Å²) < 4.78 is 5.66. The molecular weight excluding hydrogens is 222 g/mol. The monoisotopic (exact) mass is 241 g/mol. The third kappa shape index (κ3) is 4.42. The van der Waals surface area contributed by atoms with E-state index in [1.807, 2.05) is 19.1 Å². The zero-order valence-corrected chi connectivity index (χ0v) is 10.5. The highest BCUT2D eigenvalue weighted by Crippen LogP contribution is 2.29. The SMILES string of the molecule is CC(N)Cc1ccc(OCC2CC2)cc1.Cl. The van der Waals surface area contributed by atoms with E-state index in [4.69, 9.17) is 10.5 Å². The Morgan fingerprint density at radius 3 is 2.44 bits per heavy atom. The fourth-order valence-corrected chi connectivity index (χ4v) is 1.59. The van der Waals surface area contributed by atoms with Gasteiger partial charge in [-0.1, -0.05) is 12.1 Å². The van der Waals surface area contributed by atoms with Crippen molar-refractivity contribution in [2.24, 2.45) is 11.7 Å². The number of nitrogens with two attached hydrogens (primary N) is 1. The van der Waals surface area contributed by atoms with E-state index in [0.29, 0.717) is 0 Å². The van der Waals surface area contributed by atoms with Crippen LogP contribution in [0.3, 0.4) is 0 Å². The Kier molecular flexibility index (Phi) is 5.10. The molecule has 0 aromatic heterocycles. The van der Waals surface area contributed by atoms with Gasteiger partial charge in [-0.2, -0.15) is 0 Å². The van der Waals surface area contributed by atoms with Crippen molar-refractivity contribution in [1.82, 2.24) is 0 Å². The third-order valence-electron chi connectivity index (χ3n) is 2.66. The molecule has 1 saturated carbocycles. The van der Waals surface area contributed by atoms with Gasteiger partial charge in [0.1, 0.15) is 5.75 Å². The number of rotatable bonds is 5. The Morgan fingerprint density at radius 2 is 1.94 bits per heavy atom. The van der Waals surface area contributed by atoms with Crippen LogP contribution in [0, 0.1) is 5.92 Å². The molecule has 2 rings (SSSR count). The zero-order chi connectivity index (χ0) is 10.7. The van der Waals surface area contributed by atoms with E-state index in [1.165, 1.54) is 18.4 Å². The van der Waals surface area contributed by atoms with Crippen molar-refractivity contribution < 1.29 is 4.74 Å². The summed E-state index contributed by atoms with van der Waals surface area (Å²) in [6.07, 6.45) is 3.61. The first kappa shape index (κ1) is 13.3. The predicted octanol–water partition coefficient (Wildman–Crippen LogP) is 2.79. The molecule has 0 saturated heterocycles. The Balaban J connectivity index is 0.00000128. The predicted molar refractivity (Wildman–Crippen MR) is 69.3 cm³/mol. The highest BCUT2D eigenvalue weighted by Gasteiger charge is 2.21. The maximum atomic E-state index is 5.74. The van der Waals surface area contributed by atoms with Crippen LogP contribution in [0.2, 0.25) is 0 Å². The lowest BCUT2D eigenvalue weighted by Gasteiger charge is -2.07. The summed E-state index contributed by atoms with van der Waals surface area (Å²) in [5.74, 6) is 1.80. The first-order valence-electron chi connectivity index (χ1n) is 5.71. The highest BCUT2D eigenvalue weighted by molar-refractivity contribution is 5.85. The molecule has 1 fully saturated rings. The van der Waals surface area contributed by atoms with E-state index < -0.39 is 0 Å². The average molecular weight is 242 g/mol. The number of hydrogen-bond acceptors (Lipinski definition) is 2. The van der Waals surface area contributed by atoms with Gasteiger partial charge in [-0.05, 0) is 49.8 Å². The van der Waals surface area contributed by atoms with Crippen molar-refractivity contribution in [2.45, 2.75) is 32.2 Å². The average Bonchev–Trinajstić information content (AvgIpc) is 2.99. The Bertz CT molecular complexity index is 306. The summed E-state index contributed by atoms with van der Waals surface area (Å²) in [4.78, 5) is 0. The van der Waals surface area contributed by atoms with E-state index in [1.54, 1.807) is 0 Å². The van der Waals surface area contributed by atoms with Crippen LogP contribution in [-0.2, 0) is 6.42 Å². The van der Waals surface area contributed by atoms with E-state index in [2.05, 4.69) is 12.1 Å². The van der Waals surface area contributed by atoms with Crippen LogP contribution in [-0.4, -0.2) is 12.6 Å². The van der Waals surface area contributed by atoms with Crippen molar-refractivity contribution in [1.29, 1.82) is 0 Å². The van der Waals surface area contributed by atoms with Crippen LogP contribution in [0.25, 0.3) is 0 Å². The Morgan fingerprint density at radius 1 is 1.31 bits per heavy atom. The molecule has 1 aliphatic rings. The molecule has 0 aliphatic heterocycles. The molecular formula is C13H20ClNO. The highest BCUT2D eigenvalue weighted by atomic mass is 35.5. The van der Waals surface area contributed by atoms with Crippen molar-refractivity contribution in [2.75, 3.05) is 6.61 Å². The van der Waals surface area contributed by atoms with Crippen LogP contribution in [0.15, 0.2) is 24.3 Å². The molecule has 2 N–H and O–H groups in total. The van der Waals surface area contributed by atoms with E-state index in [9.17, 15) is 0 Å². The summed E-state index contributed by atoms with van der Waals surface area (Å²) in [6, 6.07) is 8.51. The third-order valence-corrected chi connectivity index (χ3v) is 2.66. The molecule has 3 heteroatoms. The normalized spacial score (nSPS) is 16.4. The second-order valence-corrected chi connectivity index (χ2v) is 4.58. The molecule has 16 heavy (non-hydrogen) atoms. The minimum Gasteiger partial charge on any atom is -0.493 e. The van der Waals surface area contributed by atoms with E-state index in [-0.39, 0.29) is 18.4 Å². The first-order valence-corrected chi connectivity index (χ1v) is 5.71. The molecule has 1 atom stereocenters. The summed E-state index contributed by atoms with van der Waals surface area (Å²) in [5.41, 5.74) is 7.02. The maximum Gasteiger partial charge on any atom is 0.119 e. The summed E-state index contributed by atoms with van der Waals surface area (Å²) >= 11 is 0. The molecule has 0 spiro atoms. The topological polar surface area (TPSA) is 35.2 Å². The fourth-order valence-electron chi connectivity index (χ4n) is 1.59. The van der Waals surface area contributed by atoms with Crippen LogP contribution in [0.5, 0.6) is 5.75 Å². The first-order chi connectivity index (χ1) is 7.24. The summed E-state index contributed by atoms with van der Waals surface area (Å²) in [5, 5.41) is 0. The second-order valence-electron chi connectivity index (χ2n) is 4.58. The van der Waals surface area contributed by atoms with Gasteiger partial charge in [-0.15, -0.1) is 12.4 Å². The smallest absolute Gasteiger partial charge is 0.119 e. The molecule has 0 radical (unpaired) electrons. The van der Waals surface area contributed by atoms with Crippen molar-refractivity contribution in [3.05, 3.63) is 29.8 Å². The van der Waals surface area contributed by atoms with Crippen LogP contribution >= 0.6 is 12.4 Å². The number of ether oxygens (including phenoxy) is 1.